The monoisotopic (exact) mass is 217 g/mol. The SMILES string of the molecule is CNC1CCC(C)(c2cccc(C)c2C)C1. The molecule has 1 nitrogen and oxygen atoms in total. The molecule has 1 fully saturated rings. The Bertz CT molecular complexity index is 383. The minimum atomic E-state index is 0.379. The summed E-state index contributed by atoms with van der Waals surface area (Å²) >= 11 is 0. The summed E-state index contributed by atoms with van der Waals surface area (Å²) in [6.45, 7) is 6.90. The minimum absolute atomic E-state index is 0.379. The molecule has 2 unspecified atom stereocenters. The van der Waals surface area contributed by atoms with E-state index in [1.807, 2.05) is 0 Å². The van der Waals surface area contributed by atoms with Crippen molar-refractivity contribution in [2.24, 2.45) is 0 Å². The van der Waals surface area contributed by atoms with Crippen LogP contribution in [0.5, 0.6) is 0 Å². The smallest absolute Gasteiger partial charge is 0.00727 e. The number of rotatable bonds is 2. The van der Waals surface area contributed by atoms with Crippen molar-refractivity contribution >= 4 is 0 Å². The van der Waals surface area contributed by atoms with Gasteiger partial charge in [0.1, 0.15) is 0 Å². The molecular weight excluding hydrogens is 194 g/mol. The molecule has 88 valence electrons. The van der Waals surface area contributed by atoms with E-state index >= 15 is 0 Å². The molecule has 0 radical (unpaired) electrons. The van der Waals surface area contributed by atoms with Crippen LogP contribution in [0.1, 0.15) is 42.9 Å². The van der Waals surface area contributed by atoms with E-state index < -0.39 is 0 Å². The quantitative estimate of drug-likeness (QED) is 0.801. The first-order chi connectivity index (χ1) is 7.57. The van der Waals surface area contributed by atoms with Crippen molar-refractivity contribution < 1.29 is 0 Å². The van der Waals surface area contributed by atoms with Crippen molar-refractivity contribution in [3.8, 4) is 0 Å². The zero-order valence-corrected chi connectivity index (χ0v) is 10.9. The van der Waals surface area contributed by atoms with Crippen molar-refractivity contribution in [1.29, 1.82) is 0 Å². The van der Waals surface area contributed by atoms with Gasteiger partial charge in [-0.1, -0.05) is 25.1 Å². The van der Waals surface area contributed by atoms with Gasteiger partial charge in [-0.25, -0.2) is 0 Å². The molecule has 2 rings (SSSR count). The lowest BCUT2D eigenvalue weighted by atomic mass is 9.77. The third-order valence-corrected chi connectivity index (χ3v) is 4.40. The van der Waals surface area contributed by atoms with Crippen LogP contribution in [0.15, 0.2) is 18.2 Å². The van der Waals surface area contributed by atoms with Crippen molar-refractivity contribution in [2.75, 3.05) is 7.05 Å². The van der Waals surface area contributed by atoms with Crippen LogP contribution in [-0.4, -0.2) is 13.1 Å². The Hall–Kier alpha value is -0.820. The lowest BCUT2D eigenvalue weighted by Crippen LogP contribution is -2.26. The lowest BCUT2D eigenvalue weighted by Gasteiger charge is -2.27. The van der Waals surface area contributed by atoms with Crippen LogP contribution in [0.2, 0.25) is 0 Å². The zero-order chi connectivity index (χ0) is 11.8. The molecule has 2 atom stereocenters. The molecule has 0 amide bonds. The summed E-state index contributed by atoms with van der Waals surface area (Å²) in [7, 11) is 2.08. The van der Waals surface area contributed by atoms with Crippen LogP contribution in [-0.2, 0) is 5.41 Å². The largest absolute Gasteiger partial charge is 0.317 e. The normalized spacial score (nSPS) is 29.6. The van der Waals surface area contributed by atoms with Crippen LogP contribution in [0.4, 0.5) is 0 Å². The van der Waals surface area contributed by atoms with Gasteiger partial charge < -0.3 is 5.32 Å². The molecule has 0 aromatic heterocycles. The van der Waals surface area contributed by atoms with E-state index in [1.54, 1.807) is 5.56 Å². The lowest BCUT2D eigenvalue weighted by molar-refractivity contribution is 0.464. The summed E-state index contributed by atoms with van der Waals surface area (Å²) in [6, 6.07) is 7.44. The summed E-state index contributed by atoms with van der Waals surface area (Å²) in [4.78, 5) is 0. The van der Waals surface area contributed by atoms with Gasteiger partial charge in [0, 0.05) is 6.04 Å². The molecule has 0 heterocycles. The van der Waals surface area contributed by atoms with E-state index in [9.17, 15) is 0 Å². The second kappa shape index (κ2) is 4.21. The minimum Gasteiger partial charge on any atom is -0.317 e. The molecule has 0 spiro atoms. The molecule has 1 saturated carbocycles. The van der Waals surface area contributed by atoms with Crippen molar-refractivity contribution in [3.05, 3.63) is 34.9 Å². The maximum Gasteiger partial charge on any atom is 0.00727 e. The Morgan fingerprint density at radius 1 is 1.31 bits per heavy atom. The Labute approximate surface area is 99.3 Å². The number of hydrogen-bond donors (Lipinski definition) is 1. The molecule has 0 bridgehead atoms. The summed E-state index contributed by atoms with van der Waals surface area (Å²) in [5.74, 6) is 0. The van der Waals surface area contributed by atoms with E-state index in [-0.39, 0.29) is 0 Å². The van der Waals surface area contributed by atoms with Crippen LogP contribution in [0, 0.1) is 13.8 Å². The number of benzene rings is 1. The van der Waals surface area contributed by atoms with Crippen molar-refractivity contribution in [2.45, 2.75) is 51.5 Å². The van der Waals surface area contributed by atoms with Crippen molar-refractivity contribution in [1.82, 2.24) is 5.32 Å². The zero-order valence-electron chi connectivity index (χ0n) is 10.9. The van der Waals surface area contributed by atoms with Crippen molar-refractivity contribution in [3.63, 3.8) is 0 Å². The third-order valence-electron chi connectivity index (χ3n) is 4.40. The van der Waals surface area contributed by atoms with E-state index in [0.717, 1.165) is 0 Å². The first-order valence-corrected chi connectivity index (χ1v) is 6.31. The fourth-order valence-electron chi connectivity index (χ4n) is 3.14. The standard InChI is InChI=1S/C15H23N/c1-11-6-5-7-14(12(11)2)15(3)9-8-13(10-15)16-4/h5-7,13,16H,8-10H2,1-4H3. The van der Waals surface area contributed by atoms with Gasteiger partial charge in [-0.05, 0) is 62.3 Å². The highest BCUT2D eigenvalue weighted by molar-refractivity contribution is 5.39. The molecule has 16 heavy (non-hydrogen) atoms. The Balaban J connectivity index is 2.34. The number of aryl methyl sites for hydroxylation is 1. The molecule has 0 saturated heterocycles. The van der Waals surface area contributed by atoms with E-state index in [1.165, 1.54) is 30.4 Å². The Kier molecular flexibility index (Phi) is 3.07. The first kappa shape index (κ1) is 11.7. The first-order valence-electron chi connectivity index (χ1n) is 6.31. The predicted octanol–water partition coefficient (Wildman–Crippen LogP) is 3.33. The molecule has 1 heteroatoms. The van der Waals surface area contributed by atoms with Crippen LogP contribution in [0.25, 0.3) is 0 Å². The number of nitrogens with one attached hydrogen (secondary N) is 1. The Morgan fingerprint density at radius 3 is 2.69 bits per heavy atom. The molecular formula is C15H23N. The van der Waals surface area contributed by atoms with Crippen LogP contribution < -0.4 is 5.32 Å². The molecule has 1 N–H and O–H groups in total. The molecule has 1 aliphatic rings. The fraction of sp³-hybridized carbons (Fsp3) is 0.600. The molecule has 1 aromatic rings. The van der Waals surface area contributed by atoms with Gasteiger partial charge in [0.05, 0.1) is 0 Å². The average Bonchev–Trinajstić information content (AvgIpc) is 2.65. The van der Waals surface area contributed by atoms with E-state index in [0.29, 0.717) is 11.5 Å². The van der Waals surface area contributed by atoms with Gasteiger partial charge in [0.25, 0.3) is 0 Å². The summed E-state index contributed by atoms with van der Waals surface area (Å²) < 4.78 is 0. The average molecular weight is 217 g/mol. The second-order valence-electron chi connectivity index (χ2n) is 5.54. The van der Waals surface area contributed by atoms with Gasteiger partial charge in [-0.3, -0.25) is 0 Å². The second-order valence-corrected chi connectivity index (χ2v) is 5.54. The molecule has 1 aliphatic carbocycles. The van der Waals surface area contributed by atoms with E-state index in [2.05, 4.69) is 51.3 Å². The van der Waals surface area contributed by atoms with Gasteiger partial charge in [-0.15, -0.1) is 0 Å². The summed E-state index contributed by atoms with van der Waals surface area (Å²) in [5, 5.41) is 3.42. The van der Waals surface area contributed by atoms with Gasteiger partial charge in [-0.2, -0.15) is 0 Å². The Morgan fingerprint density at radius 2 is 2.06 bits per heavy atom. The maximum absolute atomic E-state index is 3.42. The predicted molar refractivity (Wildman–Crippen MR) is 70.0 cm³/mol. The third kappa shape index (κ3) is 1.89. The van der Waals surface area contributed by atoms with Gasteiger partial charge in [0.15, 0.2) is 0 Å². The molecule has 0 aliphatic heterocycles. The topological polar surface area (TPSA) is 12.0 Å². The van der Waals surface area contributed by atoms with E-state index in [4.69, 9.17) is 0 Å². The highest BCUT2D eigenvalue weighted by Gasteiger charge is 2.36. The fourth-order valence-corrected chi connectivity index (χ4v) is 3.14. The number of hydrogen-bond acceptors (Lipinski definition) is 1. The van der Waals surface area contributed by atoms with Crippen LogP contribution in [0.3, 0.4) is 0 Å². The summed E-state index contributed by atoms with van der Waals surface area (Å²) in [6.07, 6.45) is 3.89. The highest BCUT2D eigenvalue weighted by atomic mass is 14.9. The van der Waals surface area contributed by atoms with Gasteiger partial charge in [0.2, 0.25) is 0 Å². The van der Waals surface area contributed by atoms with Gasteiger partial charge >= 0.3 is 0 Å². The van der Waals surface area contributed by atoms with Crippen LogP contribution >= 0.6 is 0 Å². The molecule has 1 aromatic carbocycles. The highest BCUT2D eigenvalue weighted by Crippen LogP contribution is 2.42. The maximum atomic E-state index is 3.42. The summed E-state index contributed by atoms with van der Waals surface area (Å²) in [5.41, 5.74) is 4.85.